The molecule has 25 atom stereocenters. The molecule has 0 unspecified atom stereocenters. The number of carbonyl (C=O) groups excluding carboxylic acids is 3. The highest BCUT2D eigenvalue weighted by atomic mass is 16.7. The zero-order valence-electron chi connectivity index (χ0n) is 47.6. The summed E-state index contributed by atoms with van der Waals surface area (Å²) in [5.74, 6) is -6.33. The van der Waals surface area contributed by atoms with Gasteiger partial charge in [-0.25, -0.2) is 0 Å². The molecule has 0 spiro atoms. The molecule has 8 rings (SSSR count). The van der Waals surface area contributed by atoms with Crippen molar-refractivity contribution in [3.8, 4) is 17.2 Å². The minimum atomic E-state index is -1.97. The second-order valence-corrected chi connectivity index (χ2v) is 23.1. The van der Waals surface area contributed by atoms with Gasteiger partial charge in [-0.05, 0) is 84.9 Å². The lowest BCUT2D eigenvalue weighted by Crippen LogP contribution is -2.58. The predicted molar refractivity (Wildman–Crippen MR) is 279 cm³/mol. The van der Waals surface area contributed by atoms with Crippen molar-refractivity contribution >= 4 is 34.3 Å². The highest BCUT2D eigenvalue weighted by Gasteiger charge is 2.52. The zero-order valence-corrected chi connectivity index (χ0v) is 47.6. The molecule has 27 nitrogen and oxygen atoms in total. The van der Waals surface area contributed by atoms with Gasteiger partial charge in [0.15, 0.2) is 36.7 Å². The first kappa shape index (κ1) is 64.7. The molecule has 2 aromatic carbocycles. The Hall–Kier alpha value is -4.34. The lowest BCUT2D eigenvalue weighted by Gasteiger charge is -2.46. The van der Waals surface area contributed by atoms with Crippen molar-refractivity contribution in [3.05, 3.63) is 28.8 Å². The Balaban J connectivity index is 1.02. The standard InChI is InChI=1S/C56H80O27/c1-20-30(79-37-16-32(47(64)23(4)73-37)80-38-15-31(46(63)22(3)74-38)78-36(60)11-10-35(58)59)14-28-12-27-13-29(53(72-9)52(69)45(62)21(2)57)54(51(68)43(27)50(67)42(28)44(20)61)83-40-18-33(48(65)25(6)76-40)81-39-17-34(49(66)24(5)75-39)82-41-19-56(8,71)55(70)26(7)77-41/h12,14,21-26,29,31-34,37-41,45-49,53-55,57,61-67,70-71H,10-11,13,15-19H2,1-9H3,(H,58,59)/t21-,22-,23-,24-,25-,26-,29+,31-,32-,33-,34-,37+,38+,39+,40+,41+,45+,46-,47-,48-,49+,53+,54+,55-,56+/m1/s1. The molecule has 1 aliphatic carbocycles. The van der Waals surface area contributed by atoms with Gasteiger partial charge in [0.05, 0.1) is 84.3 Å². The fraction of sp³-hybridized carbons (Fsp3) is 0.750. The van der Waals surface area contributed by atoms with Gasteiger partial charge in [0.2, 0.25) is 6.29 Å². The third-order valence-corrected chi connectivity index (χ3v) is 16.7. The maximum Gasteiger partial charge on any atom is 0.306 e. The number of ketones is 2. The average molecular weight is 1190 g/mol. The number of methoxy groups -OCH3 is 1. The van der Waals surface area contributed by atoms with Crippen LogP contribution in [0, 0.1) is 12.8 Å². The smallest absolute Gasteiger partial charge is 0.306 e. The summed E-state index contributed by atoms with van der Waals surface area (Å²) >= 11 is 0. The van der Waals surface area contributed by atoms with Crippen LogP contribution in [0.2, 0.25) is 0 Å². The molecular weight excluding hydrogens is 1100 g/mol. The number of rotatable bonds is 19. The van der Waals surface area contributed by atoms with Crippen molar-refractivity contribution in [2.24, 2.45) is 5.92 Å². The van der Waals surface area contributed by atoms with E-state index in [0.29, 0.717) is 0 Å². The summed E-state index contributed by atoms with van der Waals surface area (Å²) in [6.45, 7) is 11.9. The van der Waals surface area contributed by atoms with Crippen LogP contribution in [0.5, 0.6) is 17.2 Å². The molecule has 27 heteroatoms. The number of aliphatic hydroxyl groups excluding tert-OH is 7. The molecule has 0 amide bonds. The number of aliphatic hydroxyl groups is 8. The Morgan fingerprint density at radius 1 is 0.687 bits per heavy atom. The van der Waals surface area contributed by atoms with Crippen molar-refractivity contribution in [2.75, 3.05) is 7.11 Å². The van der Waals surface area contributed by atoms with E-state index >= 15 is 4.79 Å². The van der Waals surface area contributed by atoms with E-state index in [9.17, 15) is 65.4 Å². The molecule has 466 valence electrons. The SMILES string of the molecule is CO[C@H](C(=O)[C@@H](O)[C@@H](C)O)[C@@H]1Cc2cc3cc(O[C@H]4C[C@@H](O[C@H]5C[C@@H](OC(=O)CCC(=O)O)[C@H](O)[C@@H](C)O5)[C@H](O)[C@@H](C)O4)c(C)c(O)c3c(O)c2C(=O)[C@H]1O[C@H]1C[C@@H](O[C@H]2C[C@@H](O[C@H]3C[C@](C)(O)[C@H](O)[C@@H](C)O3)[C@@H](O)[C@@H](C)O2)[C@H](O)[C@@H](C)O1. The van der Waals surface area contributed by atoms with Crippen molar-refractivity contribution in [1.29, 1.82) is 0 Å². The predicted octanol–water partition coefficient (Wildman–Crippen LogP) is 0.166. The second-order valence-electron chi connectivity index (χ2n) is 23.1. The first-order chi connectivity index (χ1) is 39.0. The van der Waals surface area contributed by atoms with E-state index in [4.69, 9.17) is 61.9 Å². The third kappa shape index (κ3) is 14.1. The van der Waals surface area contributed by atoms with Gasteiger partial charge in [-0.3, -0.25) is 19.2 Å². The number of esters is 1. The van der Waals surface area contributed by atoms with Gasteiger partial charge in [0.1, 0.15) is 72.2 Å². The molecule has 11 N–H and O–H groups in total. The number of carboxylic acid groups (broad SMARTS) is 1. The van der Waals surface area contributed by atoms with E-state index in [-0.39, 0.29) is 71.7 Å². The Bertz CT molecular complexity index is 2630. The molecule has 0 bridgehead atoms. The number of hydrogen-bond donors (Lipinski definition) is 11. The van der Waals surface area contributed by atoms with Gasteiger partial charge in [0.25, 0.3) is 0 Å². The maximum absolute atomic E-state index is 15.1. The number of hydrogen-bond acceptors (Lipinski definition) is 26. The van der Waals surface area contributed by atoms with Crippen LogP contribution in [-0.4, -0.2) is 234 Å². The van der Waals surface area contributed by atoms with E-state index in [1.54, 1.807) is 20.8 Å². The van der Waals surface area contributed by atoms with Crippen molar-refractivity contribution in [2.45, 2.75) is 254 Å². The van der Waals surface area contributed by atoms with Crippen LogP contribution >= 0.6 is 0 Å². The molecule has 2 aromatic rings. The van der Waals surface area contributed by atoms with Crippen LogP contribution in [0.3, 0.4) is 0 Å². The van der Waals surface area contributed by atoms with E-state index in [2.05, 4.69) is 0 Å². The zero-order chi connectivity index (χ0) is 60.8. The van der Waals surface area contributed by atoms with Crippen LogP contribution < -0.4 is 4.74 Å². The van der Waals surface area contributed by atoms with E-state index < -0.39 is 201 Å². The van der Waals surface area contributed by atoms with Gasteiger partial charge in [-0.1, -0.05) is 0 Å². The summed E-state index contributed by atoms with van der Waals surface area (Å²) in [4.78, 5) is 52.4. The summed E-state index contributed by atoms with van der Waals surface area (Å²) < 4.78 is 72.2. The molecule has 5 fully saturated rings. The fourth-order valence-electron chi connectivity index (χ4n) is 11.9. The summed E-state index contributed by atoms with van der Waals surface area (Å²) in [6.07, 6.45) is -29.4. The second kappa shape index (κ2) is 26.3. The number of aromatic hydroxyl groups is 2. The lowest BCUT2D eigenvalue weighted by molar-refractivity contribution is -0.334. The molecule has 5 aliphatic heterocycles. The van der Waals surface area contributed by atoms with E-state index in [1.807, 2.05) is 0 Å². The number of fused-ring (bicyclic) bond motifs is 2. The number of phenols is 2. The number of carbonyl (C=O) groups is 4. The van der Waals surface area contributed by atoms with Gasteiger partial charge >= 0.3 is 11.9 Å². The van der Waals surface area contributed by atoms with Gasteiger partial charge < -0.3 is 113 Å². The normalized spacial score (nSPS) is 39.8. The van der Waals surface area contributed by atoms with E-state index in [0.717, 1.165) is 0 Å². The fourth-order valence-corrected chi connectivity index (χ4v) is 11.9. The first-order valence-corrected chi connectivity index (χ1v) is 28.1. The number of carboxylic acids is 1. The summed E-state index contributed by atoms with van der Waals surface area (Å²) in [5, 5.41) is 120. The van der Waals surface area contributed by atoms with Gasteiger partial charge in [-0.2, -0.15) is 0 Å². The number of ether oxygens (including phenoxy) is 12. The molecule has 0 radical (unpaired) electrons. The number of Topliss-reactive ketones (excluding diaryl/α,β-unsaturated/α-hetero) is 2. The molecule has 0 saturated carbocycles. The Morgan fingerprint density at radius 3 is 1.69 bits per heavy atom. The van der Waals surface area contributed by atoms with Gasteiger partial charge in [0, 0.05) is 50.7 Å². The van der Waals surface area contributed by atoms with Crippen molar-refractivity contribution in [3.63, 3.8) is 0 Å². The van der Waals surface area contributed by atoms with Crippen LogP contribution in [0.4, 0.5) is 0 Å². The average Bonchev–Trinajstić information content (AvgIpc) is 1.33. The quantitative estimate of drug-likeness (QED) is 0.0835. The van der Waals surface area contributed by atoms with Crippen LogP contribution in [0.15, 0.2) is 12.1 Å². The molecule has 83 heavy (non-hydrogen) atoms. The van der Waals surface area contributed by atoms with E-state index in [1.165, 1.54) is 53.9 Å². The molecule has 6 aliphatic rings. The highest BCUT2D eigenvalue weighted by Crippen LogP contribution is 2.48. The molecule has 0 aromatic heterocycles. The minimum Gasteiger partial charge on any atom is -0.507 e. The topological polar surface area (TPSA) is 402 Å². The van der Waals surface area contributed by atoms with Crippen LogP contribution in [0.25, 0.3) is 10.8 Å². The first-order valence-electron chi connectivity index (χ1n) is 28.1. The van der Waals surface area contributed by atoms with Crippen LogP contribution in [-0.2, 0) is 72.9 Å². The largest absolute Gasteiger partial charge is 0.507 e. The molecule has 5 saturated heterocycles. The lowest BCUT2D eigenvalue weighted by atomic mass is 9.75. The summed E-state index contributed by atoms with van der Waals surface area (Å²) in [6, 6.07) is 2.97. The van der Waals surface area contributed by atoms with Crippen molar-refractivity contribution in [1.82, 2.24) is 0 Å². The van der Waals surface area contributed by atoms with Crippen LogP contribution in [0.1, 0.15) is 115 Å². The van der Waals surface area contributed by atoms with Gasteiger partial charge in [-0.15, -0.1) is 0 Å². The summed E-state index contributed by atoms with van der Waals surface area (Å²) in [5.41, 5.74) is -1.60. The summed E-state index contributed by atoms with van der Waals surface area (Å²) in [7, 11) is 1.17. The molecular formula is C56H80O27. The maximum atomic E-state index is 15.1. The monoisotopic (exact) mass is 1180 g/mol. The Kier molecular flexibility index (Phi) is 20.5. The highest BCUT2D eigenvalue weighted by molar-refractivity contribution is 6.11. The number of aliphatic carboxylic acids is 1. The Morgan fingerprint density at radius 2 is 1.17 bits per heavy atom. The number of benzene rings is 2. The minimum absolute atomic E-state index is 0.0447. The number of phenolic OH excluding ortho intramolecular Hbond substituents is 2. The Labute approximate surface area is 478 Å². The van der Waals surface area contributed by atoms with Crippen molar-refractivity contribution < 1.29 is 132 Å². The molecule has 5 heterocycles. The third-order valence-electron chi connectivity index (χ3n) is 16.7.